The van der Waals surface area contributed by atoms with Gasteiger partial charge in [-0.25, -0.2) is 4.39 Å². The highest BCUT2D eigenvalue weighted by molar-refractivity contribution is 9.10. The molecular weight excluding hydrogens is 273 g/mol. The van der Waals surface area contributed by atoms with E-state index in [1.54, 1.807) is 6.07 Å². The molecule has 2 nitrogen and oxygen atoms in total. The monoisotopic (exact) mass is 289 g/mol. The van der Waals surface area contributed by atoms with Gasteiger partial charge in [-0.3, -0.25) is 0 Å². The minimum absolute atomic E-state index is 0.287. The number of hydrogen-bond acceptors (Lipinski definition) is 2. The second-order valence-electron chi connectivity index (χ2n) is 3.92. The van der Waals surface area contributed by atoms with Crippen molar-refractivity contribution in [1.82, 2.24) is 5.32 Å². The van der Waals surface area contributed by atoms with Gasteiger partial charge in [-0.15, -0.1) is 0 Å². The number of rotatable bonds is 6. The average molecular weight is 290 g/mol. The van der Waals surface area contributed by atoms with Crippen molar-refractivity contribution in [2.45, 2.75) is 26.3 Å². The third-order valence-corrected chi connectivity index (χ3v) is 2.44. The van der Waals surface area contributed by atoms with Crippen molar-refractivity contribution in [2.24, 2.45) is 0 Å². The van der Waals surface area contributed by atoms with Crippen LogP contribution in [0.3, 0.4) is 0 Å². The molecule has 0 aliphatic heterocycles. The molecule has 0 radical (unpaired) electrons. The van der Waals surface area contributed by atoms with Crippen molar-refractivity contribution < 1.29 is 9.13 Å². The summed E-state index contributed by atoms with van der Waals surface area (Å²) >= 11 is 3.22. The summed E-state index contributed by atoms with van der Waals surface area (Å²) in [5.41, 5.74) is 0. The third-order valence-electron chi connectivity index (χ3n) is 1.98. The van der Waals surface area contributed by atoms with Gasteiger partial charge in [0.15, 0.2) is 0 Å². The minimum atomic E-state index is -0.287. The van der Waals surface area contributed by atoms with Crippen molar-refractivity contribution in [3.05, 3.63) is 28.5 Å². The summed E-state index contributed by atoms with van der Waals surface area (Å²) in [7, 11) is 0. The molecule has 0 saturated carbocycles. The Morgan fingerprint density at radius 2 is 2.12 bits per heavy atom. The Bertz CT molecular complexity index is 311. The molecule has 0 bridgehead atoms. The fraction of sp³-hybridized carbons (Fsp3) is 0.500. The van der Waals surface area contributed by atoms with Crippen LogP contribution in [0.1, 0.15) is 20.3 Å². The molecule has 0 saturated heterocycles. The lowest BCUT2D eigenvalue weighted by molar-refractivity contribution is 0.304. The summed E-state index contributed by atoms with van der Waals surface area (Å²) < 4.78 is 19.1. The van der Waals surface area contributed by atoms with Crippen LogP contribution in [0, 0.1) is 5.82 Å². The first kappa shape index (κ1) is 13.5. The van der Waals surface area contributed by atoms with Gasteiger partial charge in [0.1, 0.15) is 11.6 Å². The largest absolute Gasteiger partial charge is 0.493 e. The molecule has 0 atom stereocenters. The predicted octanol–water partition coefficient (Wildman–Crippen LogP) is 3.36. The predicted molar refractivity (Wildman–Crippen MR) is 67.4 cm³/mol. The quantitative estimate of drug-likeness (QED) is 0.811. The van der Waals surface area contributed by atoms with Crippen molar-refractivity contribution in [3.63, 3.8) is 0 Å². The highest BCUT2D eigenvalue weighted by Crippen LogP contribution is 2.20. The standard InChI is InChI=1S/C12H17BrFNO/c1-9(2)15-4-3-5-16-12-7-10(13)6-11(14)8-12/h6-9,15H,3-5H2,1-2H3. The van der Waals surface area contributed by atoms with E-state index in [1.807, 2.05) is 0 Å². The van der Waals surface area contributed by atoms with Crippen molar-refractivity contribution >= 4 is 15.9 Å². The van der Waals surface area contributed by atoms with E-state index in [4.69, 9.17) is 4.74 Å². The van der Waals surface area contributed by atoms with E-state index in [9.17, 15) is 4.39 Å². The molecule has 1 N–H and O–H groups in total. The van der Waals surface area contributed by atoms with Crippen LogP contribution in [0.15, 0.2) is 22.7 Å². The normalized spacial score (nSPS) is 10.8. The van der Waals surface area contributed by atoms with Crippen LogP contribution >= 0.6 is 15.9 Å². The number of hydrogen-bond donors (Lipinski definition) is 1. The van der Waals surface area contributed by atoms with E-state index in [0.29, 0.717) is 22.9 Å². The number of ether oxygens (including phenoxy) is 1. The highest BCUT2D eigenvalue weighted by atomic mass is 79.9. The Kier molecular flexibility index (Phi) is 5.77. The minimum Gasteiger partial charge on any atom is -0.493 e. The van der Waals surface area contributed by atoms with Gasteiger partial charge in [-0.05, 0) is 25.1 Å². The summed E-state index contributed by atoms with van der Waals surface area (Å²) in [6.45, 7) is 5.71. The summed E-state index contributed by atoms with van der Waals surface area (Å²) in [6.07, 6.45) is 0.909. The molecule has 0 aromatic heterocycles. The molecule has 1 aromatic carbocycles. The second-order valence-corrected chi connectivity index (χ2v) is 4.83. The van der Waals surface area contributed by atoms with Crippen LogP contribution in [0.2, 0.25) is 0 Å². The molecule has 0 amide bonds. The molecule has 0 unspecified atom stereocenters. The smallest absolute Gasteiger partial charge is 0.128 e. The van der Waals surface area contributed by atoms with Gasteiger partial charge in [0.2, 0.25) is 0 Å². The van der Waals surface area contributed by atoms with Crippen LogP contribution in [0.5, 0.6) is 5.75 Å². The first-order valence-corrected chi connectivity index (χ1v) is 6.19. The lowest BCUT2D eigenvalue weighted by Crippen LogP contribution is -2.24. The lowest BCUT2D eigenvalue weighted by Gasteiger charge is -2.09. The summed E-state index contributed by atoms with van der Waals surface area (Å²) in [6, 6.07) is 5.05. The van der Waals surface area contributed by atoms with E-state index in [-0.39, 0.29) is 5.82 Å². The topological polar surface area (TPSA) is 21.3 Å². The van der Waals surface area contributed by atoms with Gasteiger partial charge < -0.3 is 10.1 Å². The summed E-state index contributed by atoms with van der Waals surface area (Å²) in [5, 5.41) is 3.29. The number of nitrogens with one attached hydrogen (secondary N) is 1. The van der Waals surface area contributed by atoms with Gasteiger partial charge in [0.05, 0.1) is 6.61 Å². The van der Waals surface area contributed by atoms with Crippen LogP contribution in [0.4, 0.5) is 4.39 Å². The molecule has 0 fully saturated rings. The van der Waals surface area contributed by atoms with E-state index in [1.165, 1.54) is 12.1 Å². The Hall–Kier alpha value is -0.610. The fourth-order valence-corrected chi connectivity index (χ4v) is 1.71. The molecule has 4 heteroatoms. The molecule has 1 aromatic rings. The molecule has 0 heterocycles. The van der Waals surface area contributed by atoms with Crippen LogP contribution < -0.4 is 10.1 Å². The summed E-state index contributed by atoms with van der Waals surface area (Å²) in [4.78, 5) is 0. The van der Waals surface area contributed by atoms with Crippen molar-refractivity contribution in [1.29, 1.82) is 0 Å². The van der Waals surface area contributed by atoms with Gasteiger partial charge in [-0.2, -0.15) is 0 Å². The average Bonchev–Trinajstić information content (AvgIpc) is 2.15. The van der Waals surface area contributed by atoms with Gasteiger partial charge >= 0.3 is 0 Å². The summed E-state index contributed by atoms with van der Waals surface area (Å²) in [5.74, 6) is 0.279. The zero-order valence-corrected chi connectivity index (χ0v) is 11.2. The van der Waals surface area contributed by atoms with Crippen molar-refractivity contribution in [3.8, 4) is 5.75 Å². The van der Waals surface area contributed by atoms with Crippen LogP contribution in [0.25, 0.3) is 0 Å². The lowest BCUT2D eigenvalue weighted by atomic mass is 10.3. The van der Waals surface area contributed by atoms with Gasteiger partial charge in [0, 0.05) is 16.6 Å². The molecular formula is C12H17BrFNO. The maximum absolute atomic E-state index is 13.0. The Labute approximate surface area is 104 Å². The van der Waals surface area contributed by atoms with Crippen LogP contribution in [-0.4, -0.2) is 19.2 Å². The molecule has 1 rings (SSSR count). The molecule has 0 spiro atoms. The maximum atomic E-state index is 13.0. The zero-order chi connectivity index (χ0) is 12.0. The fourth-order valence-electron chi connectivity index (χ4n) is 1.26. The van der Waals surface area contributed by atoms with Gasteiger partial charge in [0.25, 0.3) is 0 Å². The SMILES string of the molecule is CC(C)NCCCOc1cc(F)cc(Br)c1. The first-order valence-electron chi connectivity index (χ1n) is 5.40. The van der Waals surface area contributed by atoms with E-state index in [2.05, 4.69) is 35.1 Å². The maximum Gasteiger partial charge on any atom is 0.128 e. The highest BCUT2D eigenvalue weighted by Gasteiger charge is 2.00. The Morgan fingerprint density at radius 1 is 1.38 bits per heavy atom. The van der Waals surface area contributed by atoms with Crippen LogP contribution in [-0.2, 0) is 0 Å². The zero-order valence-electron chi connectivity index (χ0n) is 9.59. The van der Waals surface area contributed by atoms with E-state index in [0.717, 1.165) is 13.0 Å². The van der Waals surface area contributed by atoms with E-state index < -0.39 is 0 Å². The van der Waals surface area contributed by atoms with E-state index >= 15 is 0 Å². The third kappa shape index (κ3) is 5.47. The Balaban J connectivity index is 2.26. The van der Waals surface area contributed by atoms with Crippen molar-refractivity contribution in [2.75, 3.05) is 13.2 Å². The molecule has 0 aliphatic carbocycles. The number of halogens is 2. The second kappa shape index (κ2) is 6.86. The molecule has 16 heavy (non-hydrogen) atoms. The van der Waals surface area contributed by atoms with Gasteiger partial charge in [-0.1, -0.05) is 29.8 Å². The molecule has 90 valence electrons. The molecule has 0 aliphatic rings. The first-order chi connectivity index (χ1) is 7.58. The Morgan fingerprint density at radius 3 is 2.75 bits per heavy atom. The number of benzene rings is 1.